The van der Waals surface area contributed by atoms with Crippen molar-refractivity contribution in [3.05, 3.63) is 23.9 Å². The van der Waals surface area contributed by atoms with Crippen molar-refractivity contribution in [1.82, 2.24) is 19.9 Å². The van der Waals surface area contributed by atoms with Crippen molar-refractivity contribution in [2.75, 3.05) is 11.9 Å². The largest absolute Gasteiger partial charge is 0.352 e. The SMILES string of the molecule is Cc1ccn2nc(NCC3CCC(=O)N3)nc2c1. The second-order valence-corrected chi connectivity index (χ2v) is 4.63. The minimum atomic E-state index is 0.125. The number of hydrogen-bond acceptors (Lipinski definition) is 4. The molecule has 0 bridgehead atoms. The number of amides is 1. The van der Waals surface area contributed by atoms with Gasteiger partial charge in [0.05, 0.1) is 0 Å². The van der Waals surface area contributed by atoms with E-state index in [-0.39, 0.29) is 11.9 Å². The molecule has 1 aliphatic heterocycles. The summed E-state index contributed by atoms with van der Waals surface area (Å²) in [6, 6.07) is 4.16. The first-order valence-corrected chi connectivity index (χ1v) is 6.07. The van der Waals surface area contributed by atoms with E-state index in [1.807, 2.05) is 25.3 Å². The molecular formula is C12H15N5O. The highest BCUT2D eigenvalue weighted by Gasteiger charge is 2.20. The van der Waals surface area contributed by atoms with Crippen LogP contribution in [0, 0.1) is 6.92 Å². The molecule has 3 heterocycles. The molecule has 0 spiro atoms. The van der Waals surface area contributed by atoms with Crippen LogP contribution in [0.5, 0.6) is 0 Å². The molecule has 0 aromatic carbocycles. The Kier molecular flexibility index (Phi) is 2.62. The maximum Gasteiger partial charge on any atom is 0.243 e. The number of aryl methyl sites for hydroxylation is 1. The summed E-state index contributed by atoms with van der Waals surface area (Å²) in [7, 11) is 0. The van der Waals surface area contributed by atoms with Crippen LogP contribution in [0.2, 0.25) is 0 Å². The molecule has 1 aliphatic rings. The van der Waals surface area contributed by atoms with Crippen LogP contribution in [0.1, 0.15) is 18.4 Å². The average Bonchev–Trinajstić information content (AvgIpc) is 2.92. The molecule has 1 amide bonds. The molecule has 2 aromatic heterocycles. The van der Waals surface area contributed by atoms with Crippen molar-refractivity contribution in [2.45, 2.75) is 25.8 Å². The quantitative estimate of drug-likeness (QED) is 0.836. The first kappa shape index (κ1) is 11.0. The molecule has 2 aromatic rings. The zero-order valence-electron chi connectivity index (χ0n) is 10.2. The molecular weight excluding hydrogens is 230 g/mol. The molecule has 1 fully saturated rings. The third kappa shape index (κ3) is 2.13. The summed E-state index contributed by atoms with van der Waals surface area (Å²) in [6.45, 7) is 2.69. The van der Waals surface area contributed by atoms with Crippen LogP contribution in [-0.2, 0) is 4.79 Å². The fourth-order valence-electron chi connectivity index (χ4n) is 2.10. The van der Waals surface area contributed by atoms with Crippen molar-refractivity contribution >= 4 is 17.5 Å². The van der Waals surface area contributed by atoms with E-state index in [0.29, 0.717) is 18.9 Å². The maximum absolute atomic E-state index is 11.1. The van der Waals surface area contributed by atoms with E-state index in [1.165, 1.54) is 0 Å². The predicted molar refractivity (Wildman–Crippen MR) is 67.4 cm³/mol. The van der Waals surface area contributed by atoms with Gasteiger partial charge in [-0.05, 0) is 31.0 Å². The van der Waals surface area contributed by atoms with E-state index in [1.54, 1.807) is 4.52 Å². The van der Waals surface area contributed by atoms with Crippen molar-refractivity contribution in [2.24, 2.45) is 0 Å². The zero-order chi connectivity index (χ0) is 12.5. The Hall–Kier alpha value is -2.11. The molecule has 1 saturated heterocycles. The fourth-order valence-corrected chi connectivity index (χ4v) is 2.10. The lowest BCUT2D eigenvalue weighted by atomic mass is 10.2. The van der Waals surface area contributed by atoms with E-state index in [9.17, 15) is 4.79 Å². The summed E-state index contributed by atoms with van der Waals surface area (Å²) in [4.78, 5) is 15.5. The fraction of sp³-hybridized carbons (Fsp3) is 0.417. The number of carbonyl (C=O) groups excluding carboxylic acids is 1. The summed E-state index contributed by atoms with van der Waals surface area (Å²) in [5, 5.41) is 10.4. The van der Waals surface area contributed by atoms with Crippen molar-refractivity contribution < 1.29 is 4.79 Å². The van der Waals surface area contributed by atoms with Gasteiger partial charge in [-0.1, -0.05) is 0 Å². The van der Waals surface area contributed by atoms with E-state index in [4.69, 9.17) is 0 Å². The summed E-state index contributed by atoms with van der Waals surface area (Å²) < 4.78 is 1.74. The van der Waals surface area contributed by atoms with Crippen LogP contribution in [-0.4, -0.2) is 33.1 Å². The third-order valence-electron chi connectivity index (χ3n) is 3.08. The van der Waals surface area contributed by atoms with E-state index < -0.39 is 0 Å². The number of rotatable bonds is 3. The Bertz CT molecular complexity index is 591. The van der Waals surface area contributed by atoms with Gasteiger partial charge in [0, 0.05) is 25.2 Å². The Morgan fingerprint density at radius 3 is 3.28 bits per heavy atom. The maximum atomic E-state index is 11.1. The van der Waals surface area contributed by atoms with Crippen LogP contribution in [0.25, 0.3) is 5.65 Å². The van der Waals surface area contributed by atoms with Gasteiger partial charge in [0.25, 0.3) is 0 Å². The molecule has 1 unspecified atom stereocenters. The summed E-state index contributed by atoms with van der Waals surface area (Å²) >= 11 is 0. The topological polar surface area (TPSA) is 71.3 Å². The standard InChI is InChI=1S/C12H15N5O/c1-8-4-5-17-10(6-8)15-12(16-17)13-7-9-2-3-11(18)14-9/h4-6,9H,2-3,7H2,1H3,(H,13,16)(H,14,18). The number of anilines is 1. The highest BCUT2D eigenvalue weighted by atomic mass is 16.1. The molecule has 18 heavy (non-hydrogen) atoms. The predicted octanol–water partition coefficient (Wildman–Crippen LogP) is 0.728. The Morgan fingerprint density at radius 2 is 2.50 bits per heavy atom. The smallest absolute Gasteiger partial charge is 0.243 e. The van der Waals surface area contributed by atoms with Gasteiger partial charge in [-0.25, -0.2) is 4.52 Å². The van der Waals surface area contributed by atoms with Crippen LogP contribution in [0.3, 0.4) is 0 Å². The second-order valence-electron chi connectivity index (χ2n) is 4.63. The number of carbonyl (C=O) groups is 1. The van der Waals surface area contributed by atoms with Gasteiger partial charge in [-0.2, -0.15) is 4.98 Å². The molecule has 6 nitrogen and oxygen atoms in total. The Balaban J connectivity index is 1.69. The summed E-state index contributed by atoms with van der Waals surface area (Å²) in [5.74, 6) is 0.724. The number of hydrogen-bond donors (Lipinski definition) is 2. The lowest BCUT2D eigenvalue weighted by Crippen LogP contribution is -2.32. The van der Waals surface area contributed by atoms with Gasteiger partial charge in [-0.3, -0.25) is 4.79 Å². The molecule has 0 saturated carbocycles. The molecule has 0 radical (unpaired) electrons. The van der Waals surface area contributed by atoms with Gasteiger partial charge in [0.15, 0.2) is 5.65 Å². The lowest BCUT2D eigenvalue weighted by molar-refractivity contribution is -0.119. The minimum Gasteiger partial charge on any atom is -0.352 e. The van der Waals surface area contributed by atoms with Gasteiger partial charge >= 0.3 is 0 Å². The Labute approximate surface area is 104 Å². The molecule has 3 rings (SSSR count). The highest BCUT2D eigenvalue weighted by molar-refractivity contribution is 5.78. The number of aromatic nitrogens is 3. The number of fused-ring (bicyclic) bond motifs is 1. The van der Waals surface area contributed by atoms with Gasteiger partial charge in [-0.15, -0.1) is 5.10 Å². The first-order valence-electron chi connectivity index (χ1n) is 6.07. The number of nitrogens with zero attached hydrogens (tertiary/aromatic N) is 3. The normalized spacial score (nSPS) is 19.2. The summed E-state index contributed by atoms with van der Waals surface area (Å²) in [6.07, 6.45) is 3.38. The summed E-state index contributed by atoms with van der Waals surface area (Å²) in [5.41, 5.74) is 1.98. The van der Waals surface area contributed by atoms with Gasteiger partial charge in [0.2, 0.25) is 11.9 Å². The average molecular weight is 245 g/mol. The van der Waals surface area contributed by atoms with Gasteiger partial charge < -0.3 is 10.6 Å². The molecule has 0 aliphatic carbocycles. The van der Waals surface area contributed by atoms with Gasteiger partial charge in [0.1, 0.15) is 0 Å². The number of pyridine rings is 1. The zero-order valence-corrected chi connectivity index (χ0v) is 10.2. The van der Waals surface area contributed by atoms with Crippen molar-refractivity contribution in [3.63, 3.8) is 0 Å². The highest BCUT2D eigenvalue weighted by Crippen LogP contribution is 2.10. The molecule has 2 N–H and O–H groups in total. The third-order valence-corrected chi connectivity index (χ3v) is 3.08. The molecule has 94 valence electrons. The van der Waals surface area contributed by atoms with Crippen molar-refractivity contribution in [3.8, 4) is 0 Å². The van der Waals surface area contributed by atoms with Crippen molar-refractivity contribution in [1.29, 1.82) is 0 Å². The lowest BCUT2D eigenvalue weighted by Gasteiger charge is -2.09. The number of nitrogens with one attached hydrogen (secondary N) is 2. The first-order chi connectivity index (χ1) is 8.70. The monoisotopic (exact) mass is 245 g/mol. The van der Waals surface area contributed by atoms with E-state index in [0.717, 1.165) is 17.6 Å². The Morgan fingerprint density at radius 1 is 1.61 bits per heavy atom. The molecule has 6 heteroatoms. The van der Waals surface area contributed by atoms with E-state index >= 15 is 0 Å². The van der Waals surface area contributed by atoms with Crippen LogP contribution in [0.15, 0.2) is 18.3 Å². The molecule has 1 atom stereocenters. The second kappa shape index (κ2) is 4.29. The van der Waals surface area contributed by atoms with Crippen LogP contribution >= 0.6 is 0 Å². The van der Waals surface area contributed by atoms with Crippen LogP contribution in [0.4, 0.5) is 5.95 Å². The minimum absolute atomic E-state index is 0.125. The van der Waals surface area contributed by atoms with Crippen LogP contribution < -0.4 is 10.6 Å². The van der Waals surface area contributed by atoms with E-state index in [2.05, 4.69) is 20.7 Å².